The molecule has 134 valence electrons. The van der Waals surface area contributed by atoms with Gasteiger partial charge < -0.3 is 8.92 Å². The molecule has 0 fully saturated rings. The first-order valence-corrected chi connectivity index (χ1v) is 9.70. The van der Waals surface area contributed by atoms with Gasteiger partial charge >= 0.3 is 5.97 Å². The zero-order chi connectivity index (χ0) is 17.7. The Hall–Kier alpha value is -1.94. The molecular formula is C21H26O3S. The van der Waals surface area contributed by atoms with Gasteiger partial charge in [-0.05, 0) is 42.8 Å². The van der Waals surface area contributed by atoms with Gasteiger partial charge in [-0.3, -0.25) is 0 Å². The van der Waals surface area contributed by atoms with Crippen molar-refractivity contribution in [1.82, 2.24) is 0 Å². The van der Waals surface area contributed by atoms with Gasteiger partial charge in [-0.25, -0.2) is 4.79 Å². The van der Waals surface area contributed by atoms with Gasteiger partial charge in [0.2, 0.25) is 0 Å². The van der Waals surface area contributed by atoms with E-state index in [2.05, 4.69) is 6.92 Å². The van der Waals surface area contributed by atoms with Crippen LogP contribution in [0.5, 0.6) is 5.75 Å². The van der Waals surface area contributed by atoms with Gasteiger partial charge in [0, 0.05) is 4.90 Å². The molecule has 0 saturated heterocycles. The third-order valence-electron chi connectivity index (χ3n) is 3.81. The van der Waals surface area contributed by atoms with Crippen LogP contribution < -0.4 is 4.74 Å². The molecule has 2 aromatic rings. The quantitative estimate of drug-likeness (QED) is 0.349. The average molecular weight is 359 g/mol. The van der Waals surface area contributed by atoms with Crippen molar-refractivity contribution in [3.63, 3.8) is 0 Å². The molecule has 2 rings (SSSR count). The van der Waals surface area contributed by atoms with E-state index in [1.165, 1.54) is 32.1 Å². The molecule has 25 heavy (non-hydrogen) atoms. The summed E-state index contributed by atoms with van der Waals surface area (Å²) in [5.74, 6) is 0.442. The highest BCUT2D eigenvalue weighted by atomic mass is 32.2. The Morgan fingerprint density at radius 1 is 0.880 bits per heavy atom. The Morgan fingerprint density at radius 3 is 2.28 bits per heavy atom. The number of rotatable bonds is 11. The highest BCUT2D eigenvalue weighted by Gasteiger charge is 2.08. The minimum absolute atomic E-state index is 0.351. The summed E-state index contributed by atoms with van der Waals surface area (Å²) in [6.07, 6.45) is 7.47. The van der Waals surface area contributed by atoms with Gasteiger partial charge in [-0.1, -0.05) is 57.2 Å². The van der Waals surface area contributed by atoms with Crippen molar-refractivity contribution in [2.24, 2.45) is 0 Å². The summed E-state index contributed by atoms with van der Waals surface area (Å²) >= 11 is 1.07. The summed E-state index contributed by atoms with van der Waals surface area (Å²) in [4.78, 5) is 12.9. The molecule has 0 aliphatic rings. The van der Waals surface area contributed by atoms with Gasteiger partial charge in [0.25, 0.3) is 0 Å². The average Bonchev–Trinajstić information content (AvgIpc) is 2.67. The van der Waals surface area contributed by atoms with Crippen molar-refractivity contribution in [3.05, 3.63) is 60.2 Å². The van der Waals surface area contributed by atoms with Gasteiger partial charge in [0.05, 0.1) is 24.2 Å². The maximum Gasteiger partial charge on any atom is 0.350 e. The summed E-state index contributed by atoms with van der Waals surface area (Å²) in [6.45, 7) is 2.95. The minimum atomic E-state index is -0.351. The number of hydrogen-bond acceptors (Lipinski definition) is 4. The van der Waals surface area contributed by atoms with Crippen molar-refractivity contribution in [3.8, 4) is 5.75 Å². The summed E-state index contributed by atoms with van der Waals surface area (Å²) in [5, 5.41) is 0. The van der Waals surface area contributed by atoms with Gasteiger partial charge in [-0.2, -0.15) is 0 Å². The van der Waals surface area contributed by atoms with E-state index in [0.29, 0.717) is 5.56 Å². The van der Waals surface area contributed by atoms with Gasteiger partial charge in [0.1, 0.15) is 5.75 Å². The zero-order valence-electron chi connectivity index (χ0n) is 14.8. The third-order valence-corrected chi connectivity index (χ3v) is 4.51. The molecular weight excluding hydrogens is 332 g/mol. The fourth-order valence-electron chi connectivity index (χ4n) is 2.37. The number of hydrogen-bond donors (Lipinski definition) is 0. The molecule has 4 heteroatoms. The van der Waals surface area contributed by atoms with Crippen molar-refractivity contribution < 1.29 is 13.7 Å². The van der Waals surface area contributed by atoms with Crippen LogP contribution in [0.1, 0.15) is 55.8 Å². The molecule has 0 heterocycles. The van der Waals surface area contributed by atoms with E-state index in [-0.39, 0.29) is 5.97 Å². The SMILES string of the molecule is CCCCCCCCOc1ccc(C(=O)OSc2ccccc2)cc1. The molecule has 0 amide bonds. The van der Waals surface area contributed by atoms with Gasteiger partial charge in [0.15, 0.2) is 0 Å². The molecule has 3 nitrogen and oxygen atoms in total. The van der Waals surface area contributed by atoms with Crippen LogP contribution in [-0.4, -0.2) is 12.6 Å². The first-order chi connectivity index (χ1) is 12.3. The van der Waals surface area contributed by atoms with E-state index in [4.69, 9.17) is 8.92 Å². The number of carbonyl (C=O) groups is 1. The molecule has 0 radical (unpaired) electrons. The molecule has 0 aromatic heterocycles. The molecule has 0 bridgehead atoms. The Balaban J connectivity index is 1.67. The van der Waals surface area contributed by atoms with Crippen molar-refractivity contribution in [2.45, 2.75) is 50.3 Å². The van der Waals surface area contributed by atoms with Crippen molar-refractivity contribution in [2.75, 3.05) is 6.61 Å². The van der Waals surface area contributed by atoms with Crippen LogP contribution >= 0.6 is 12.0 Å². The van der Waals surface area contributed by atoms with E-state index in [1.807, 2.05) is 42.5 Å². The molecule has 0 N–H and O–H groups in total. The van der Waals surface area contributed by atoms with E-state index in [0.717, 1.165) is 35.7 Å². The third kappa shape index (κ3) is 7.65. The molecule has 0 aliphatic heterocycles. The second-order valence-electron chi connectivity index (χ2n) is 5.91. The Labute approximate surface area is 154 Å². The lowest BCUT2D eigenvalue weighted by atomic mass is 10.1. The zero-order valence-corrected chi connectivity index (χ0v) is 15.6. The summed E-state index contributed by atoms with van der Waals surface area (Å²) in [6, 6.07) is 16.7. The maximum absolute atomic E-state index is 12.0. The van der Waals surface area contributed by atoms with Crippen molar-refractivity contribution >= 4 is 18.0 Å². The lowest BCUT2D eigenvalue weighted by molar-refractivity contribution is 0.0768. The second-order valence-corrected chi connectivity index (χ2v) is 6.71. The van der Waals surface area contributed by atoms with Crippen LogP contribution in [0.25, 0.3) is 0 Å². The molecule has 0 saturated carbocycles. The van der Waals surface area contributed by atoms with Crippen LogP contribution in [0, 0.1) is 0 Å². The largest absolute Gasteiger partial charge is 0.494 e. The Bertz CT molecular complexity index is 611. The van der Waals surface area contributed by atoms with E-state index < -0.39 is 0 Å². The van der Waals surface area contributed by atoms with Crippen LogP contribution in [0.15, 0.2) is 59.5 Å². The van der Waals surface area contributed by atoms with E-state index in [1.54, 1.807) is 12.1 Å². The van der Waals surface area contributed by atoms with Crippen molar-refractivity contribution in [1.29, 1.82) is 0 Å². The molecule has 2 aromatic carbocycles. The second kappa shape index (κ2) is 11.6. The smallest absolute Gasteiger partial charge is 0.350 e. The first kappa shape index (κ1) is 19.4. The maximum atomic E-state index is 12.0. The number of carbonyl (C=O) groups excluding carboxylic acids is 1. The summed E-state index contributed by atoms with van der Waals surface area (Å²) in [7, 11) is 0. The normalized spacial score (nSPS) is 10.4. The first-order valence-electron chi connectivity index (χ1n) is 8.96. The standard InChI is InChI=1S/C21H26O3S/c1-2-3-4-5-6-10-17-23-19-15-13-18(14-16-19)21(22)24-25-20-11-8-7-9-12-20/h7-9,11-16H,2-6,10,17H2,1H3. The lowest BCUT2D eigenvalue weighted by Gasteiger charge is -2.07. The lowest BCUT2D eigenvalue weighted by Crippen LogP contribution is -2.01. The van der Waals surface area contributed by atoms with Crippen LogP contribution in [0.2, 0.25) is 0 Å². The highest BCUT2D eigenvalue weighted by Crippen LogP contribution is 2.21. The predicted molar refractivity (Wildman–Crippen MR) is 103 cm³/mol. The summed E-state index contributed by atoms with van der Waals surface area (Å²) < 4.78 is 11.0. The number of unbranched alkanes of at least 4 members (excludes halogenated alkanes) is 5. The topological polar surface area (TPSA) is 35.5 Å². The van der Waals surface area contributed by atoms with E-state index in [9.17, 15) is 4.79 Å². The Kier molecular flexibility index (Phi) is 8.98. The Morgan fingerprint density at radius 2 is 1.56 bits per heavy atom. The highest BCUT2D eigenvalue weighted by molar-refractivity contribution is 7.95. The van der Waals surface area contributed by atoms with Crippen LogP contribution in [0.3, 0.4) is 0 Å². The minimum Gasteiger partial charge on any atom is -0.494 e. The monoisotopic (exact) mass is 358 g/mol. The van der Waals surface area contributed by atoms with Gasteiger partial charge in [-0.15, -0.1) is 0 Å². The molecule has 0 spiro atoms. The number of benzene rings is 2. The summed E-state index contributed by atoms with van der Waals surface area (Å²) in [5.41, 5.74) is 0.523. The van der Waals surface area contributed by atoms with E-state index >= 15 is 0 Å². The molecule has 0 unspecified atom stereocenters. The number of ether oxygens (including phenoxy) is 1. The molecule has 0 atom stereocenters. The predicted octanol–water partition coefficient (Wildman–Crippen LogP) is 6.29. The fourth-order valence-corrected chi connectivity index (χ4v) is 2.91. The van der Waals surface area contributed by atoms with Crippen LogP contribution in [0.4, 0.5) is 0 Å². The fraction of sp³-hybridized carbons (Fsp3) is 0.381. The molecule has 0 aliphatic carbocycles. The van der Waals surface area contributed by atoms with Crippen LogP contribution in [-0.2, 0) is 4.18 Å².